The van der Waals surface area contributed by atoms with Crippen LogP contribution in [0, 0.1) is 0 Å². The second-order valence-corrected chi connectivity index (χ2v) is 6.97. The van der Waals surface area contributed by atoms with Crippen LogP contribution in [-0.2, 0) is 13.0 Å². The summed E-state index contributed by atoms with van der Waals surface area (Å²) in [5, 5.41) is 12.7. The summed E-state index contributed by atoms with van der Waals surface area (Å²) in [5.41, 5.74) is 2.42. The molecule has 120 valence electrons. The topological polar surface area (TPSA) is 67.3 Å². The van der Waals surface area contributed by atoms with Crippen molar-refractivity contribution >= 4 is 22.5 Å². The van der Waals surface area contributed by atoms with Crippen molar-refractivity contribution in [2.75, 3.05) is 19.0 Å². The number of hydrogen-bond donors (Lipinski definition) is 1. The Balaban J connectivity index is 1.44. The third kappa shape index (κ3) is 3.01. The van der Waals surface area contributed by atoms with Gasteiger partial charge in [-0.25, -0.2) is 4.79 Å². The predicted molar refractivity (Wildman–Crippen MR) is 88.0 cm³/mol. The molecule has 23 heavy (non-hydrogen) atoms. The van der Waals surface area contributed by atoms with E-state index in [9.17, 15) is 4.79 Å². The lowest BCUT2D eigenvalue weighted by atomic mass is 10.00. The van der Waals surface area contributed by atoms with Crippen LogP contribution in [0.15, 0.2) is 18.2 Å². The molecule has 1 aliphatic carbocycles. The first-order valence-electron chi connectivity index (χ1n) is 7.78. The van der Waals surface area contributed by atoms with Crippen LogP contribution in [0.1, 0.15) is 34.9 Å². The summed E-state index contributed by atoms with van der Waals surface area (Å²) in [6.07, 6.45) is 3.23. The largest absolute Gasteiger partial charge is 0.497 e. The molecule has 2 amide bonds. The van der Waals surface area contributed by atoms with Gasteiger partial charge in [0.25, 0.3) is 0 Å². The molecule has 1 aromatic heterocycles. The third-order valence-corrected chi connectivity index (χ3v) is 5.30. The molecule has 1 aliphatic heterocycles. The molecule has 1 fully saturated rings. The molecule has 0 bridgehead atoms. The second kappa shape index (κ2) is 5.81. The summed E-state index contributed by atoms with van der Waals surface area (Å²) in [7, 11) is 1.65. The quantitative estimate of drug-likeness (QED) is 0.939. The van der Waals surface area contributed by atoms with Crippen LogP contribution >= 0.6 is 11.3 Å². The molecule has 2 aromatic rings. The van der Waals surface area contributed by atoms with E-state index < -0.39 is 0 Å². The third-order valence-electron chi connectivity index (χ3n) is 4.29. The number of ether oxygens (including phenoxy) is 1. The highest BCUT2D eigenvalue weighted by molar-refractivity contribution is 7.15. The number of nitrogens with one attached hydrogen (secondary N) is 1. The zero-order valence-electron chi connectivity index (χ0n) is 12.9. The Bertz CT molecular complexity index is 741. The van der Waals surface area contributed by atoms with Crippen molar-refractivity contribution in [2.45, 2.75) is 31.7 Å². The summed E-state index contributed by atoms with van der Waals surface area (Å²) in [4.78, 5) is 14.3. The number of carbonyl (C=O) groups excluding carboxylic acids is 1. The fraction of sp³-hybridized carbons (Fsp3) is 0.438. The SMILES string of the molecule is COc1ccc2c(c1)CN(C(=O)Nc1nnc(C3CC3)s1)CC2. The number of fused-ring (bicyclic) bond motifs is 1. The standard InChI is InChI=1S/C16H18N4O2S/c1-22-13-5-4-10-6-7-20(9-12(10)8-13)16(21)17-15-19-18-14(23-15)11-2-3-11/h4-5,8,11H,2-3,6-7,9H2,1H3,(H,17,19,21). The number of methoxy groups -OCH3 is 1. The normalized spacial score (nSPS) is 16.8. The van der Waals surface area contributed by atoms with E-state index in [1.165, 1.54) is 29.7 Å². The van der Waals surface area contributed by atoms with Gasteiger partial charge in [0.1, 0.15) is 10.8 Å². The fourth-order valence-electron chi connectivity index (χ4n) is 2.78. The average Bonchev–Trinajstić information content (AvgIpc) is 3.33. The van der Waals surface area contributed by atoms with Crippen LogP contribution in [0.25, 0.3) is 0 Å². The van der Waals surface area contributed by atoms with Gasteiger partial charge in [-0.1, -0.05) is 17.4 Å². The van der Waals surface area contributed by atoms with Crippen molar-refractivity contribution in [2.24, 2.45) is 0 Å². The van der Waals surface area contributed by atoms with Gasteiger partial charge in [0.15, 0.2) is 0 Å². The lowest BCUT2D eigenvalue weighted by Crippen LogP contribution is -2.38. The monoisotopic (exact) mass is 330 g/mol. The average molecular weight is 330 g/mol. The maximum atomic E-state index is 12.4. The highest BCUT2D eigenvalue weighted by atomic mass is 32.1. The Morgan fingerprint density at radius 3 is 3.00 bits per heavy atom. The summed E-state index contributed by atoms with van der Waals surface area (Å²) in [6, 6.07) is 5.94. The van der Waals surface area contributed by atoms with Gasteiger partial charge >= 0.3 is 6.03 Å². The van der Waals surface area contributed by atoms with Crippen LogP contribution in [0.3, 0.4) is 0 Å². The van der Waals surface area contributed by atoms with E-state index in [1.54, 1.807) is 12.0 Å². The summed E-state index contributed by atoms with van der Waals surface area (Å²) < 4.78 is 5.27. The molecule has 1 aromatic carbocycles. The molecular weight excluding hydrogens is 312 g/mol. The first-order valence-corrected chi connectivity index (χ1v) is 8.59. The number of carbonyl (C=O) groups is 1. The van der Waals surface area contributed by atoms with Gasteiger partial charge in [-0.3, -0.25) is 5.32 Å². The Morgan fingerprint density at radius 1 is 1.35 bits per heavy atom. The Hall–Kier alpha value is -2.15. The number of amides is 2. The van der Waals surface area contributed by atoms with Crippen LogP contribution < -0.4 is 10.1 Å². The molecule has 7 heteroatoms. The van der Waals surface area contributed by atoms with Gasteiger partial charge in [0.2, 0.25) is 5.13 Å². The van der Waals surface area contributed by atoms with E-state index in [0.717, 1.165) is 22.7 Å². The van der Waals surface area contributed by atoms with E-state index in [-0.39, 0.29) is 6.03 Å². The van der Waals surface area contributed by atoms with Crippen molar-refractivity contribution in [1.29, 1.82) is 0 Å². The molecule has 1 saturated carbocycles. The molecule has 6 nitrogen and oxygen atoms in total. The molecule has 0 atom stereocenters. The number of benzene rings is 1. The molecule has 1 N–H and O–H groups in total. The molecule has 2 aliphatic rings. The molecule has 0 saturated heterocycles. The van der Waals surface area contributed by atoms with Crippen molar-refractivity contribution in [3.8, 4) is 5.75 Å². The molecular formula is C16H18N4O2S. The summed E-state index contributed by atoms with van der Waals surface area (Å²) >= 11 is 1.49. The number of anilines is 1. The maximum absolute atomic E-state index is 12.4. The van der Waals surface area contributed by atoms with E-state index in [1.807, 2.05) is 12.1 Å². The summed E-state index contributed by atoms with van der Waals surface area (Å²) in [6.45, 7) is 1.30. The number of hydrogen-bond acceptors (Lipinski definition) is 5. The van der Waals surface area contributed by atoms with Crippen LogP contribution in [0.5, 0.6) is 5.75 Å². The van der Waals surface area contributed by atoms with Gasteiger partial charge < -0.3 is 9.64 Å². The minimum atomic E-state index is -0.114. The lowest BCUT2D eigenvalue weighted by Gasteiger charge is -2.28. The van der Waals surface area contributed by atoms with Gasteiger partial charge in [-0.05, 0) is 42.5 Å². The molecule has 4 rings (SSSR count). The molecule has 0 spiro atoms. The van der Waals surface area contributed by atoms with E-state index in [2.05, 4.69) is 21.6 Å². The van der Waals surface area contributed by atoms with Gasteiger partial charge in [-0.15, -0.1) is 10.2 Å². The molecule has 0 radical (unpaired) electrons. The second-order valence-electron chi connectivity index (χ2n) is 5.96. The smallest absolute Gasteiger partial charge is 0.324 e. The highest BCUT2D eigenvalue weighted by Gasteiger charge is 2.28. The number of aromatic nitrogens is 2. The van der Waals surface area contributed by atoms with Crippen LogP contribution in [0.4, 0.5) is 9.93 Å². The number of rotatable bonds is 3. The predicted octanol–water partition coefficient (Wildman–Crippen LogP) is 3.01. The highest BCUT2D eigenvalue weighted by Crippen LogP contribution is 2.42. The van der Waals surface area contributed by atoms with Crippen molar-refractivity contribution in [3.63, 3.8) is 0 Å². The van der Waals surface area contributed by atoms with E-state index in [0.29, 0.717) is 24.1 Å². The Kier molecular flexibility index (Phi) is 3.65. The lowest BCUT2D eigenvalue weighted by molar-refractivity contribution is 0.206. The minimum absolute atomic E-state index is 0.114. The van der Waals surface area contributed by atoms with Crippen molar-refractivity contribution in [3.05, 3.63) is 34.3 Å². The molecule has 2 heterocycles. The zero-order valence-corrected chi connectivity index (χ0v) is 13.7. The minimum Gasteiger partial charge on any atom is -0.497 e. The van der Waals surface area contributed by atoms with Gasteiger partial charge in [-0.2, -0.15) is 0 Å². The van der Waals surface area contributed by atoms with Crippen molar-refractivity contribution < 1.29 is 9.53 Å². The Morgan fingerprint density at radius 2 is 2.22 bits per heavy atom. The first-order chi connectivity index (χ1) is 11.2. The van der Waals surface area contributed by atoms with E-state index in [4.69, 9.17) is 4.74 Å². The maximum Gasteiger partial charge on any atom is 0.324 e. The number of nitrogens with zero attached hydrogens (tertiary/aromatic N) is 3. The zero-order chi connectivity index (χ0) is 15.8. The van der Waals surface area contributed by atoms with Gasteiger partial charge in [0.05, 0.1) is 7.11 Å². The van der Waals surface area contributed by atoms with Crippen molar-refractivity contribution in [1.82, 2.24) is 15.1 Å². The first kappa shape index (κ1) is 14.4. The Labute approximate surface area is 138 Å². The van der Waals surface area contributed by atoms with Gasteiger partial charge in [0, 0.05) is 19.0 Å². The number of urea groups is 1. The summed E-state index contributed by atoms with van der Waals surface area (Å²) in [5.74, 6) is 1.39. The van der Waals surface area contributed by atoms with Crippen LogP contribution in [-0.4, -0.2) is 34.8 Å². The molecule has 0 unspecified atom stereocenters. The fourth-order valence-corrected chi connectivity index (χ4v) is 3.69. The van der Waals surface area contributed by atoms with Crippen LogP contribution in [0.2, 0.25) is 0 Å². The van der Waals surface area contributed by atoms with E-state index >= 15 is 0 Å².